The van der Waals surface area contributed by atoms with Crippen LogP contribution in [0.25, 0.3) is 10.2 Å². The number of benzene rings is 1. The van der Waals surface area contributed by atoms with Crippen molar-refractivity contribution in [3.8, 4) is 17.4 Å². The lowest BCUT2D eigenvalue weighted by Crippen LogP contribution is -1.96. The van der Waals surface area contributed by atoms with Crippen LogP contribution in [0, 0.1) is 0 Å². The molecule has 4 rings (SSSR count). The molecule has 3 aromatic rings. The van der Waals surface area contributed by atoms with Gasteiger partial charge in [0.1, 0.15) is 11.2 Å². The number of hydrogen-bond donors (Lipinski definition) is 1. The number of aliphatic hydroxyl groups is 1. The van der Waals surface area contributed by atoms with Crippen LogP contribution in [0.15, 0.2) is 24.5 Å². The van der Waals surface area contributed by atoms with E-state index in [1.54, 1.807) is 30.8 Å². The number of aliphatic hydroxyl groups excluding tert-OH is 1. The number of aryl methyl sites for hydroxylation is 2. The van der Waals surface area contributed by atoms with Crippen LogP contribution >= 0.6 is 11.3 Å². The Morgan fingerprint density at radius 1 is 1.12 bits per heavy atom. The lowest BCUT2D eigenvalue weighted by molar-refractivity contribution is 0.280. The van der Waals surface area contributed by atoms with E-state index in [0.717, 1.165) is 28.6 Å². The zero-order chi connectivity index (χ0) is 17.2. The van der Waals surface area contributed by atoms with Gasteiger partial charge >= 0.3 is 0 Å². The molecule has 5 nitrogen and oxygen atoms in total. The third-order valence-electron chi connectivity index (χ3n) is 4.58. The van der Waals surface area contributed by atoms with Gasteiger partial charge in [-0.05, 0) is 48.9 Å². The molecular formula is C19H20N2O3S. The Morgan fingerprint density at radius 3 is 2.84 bits per heavy atom. The van der Waals surface area contributed by atoms with Crippen LogP contribution in [-0.2, 0) is 19.4 Å². The van der Waals surface area contributed by atoms with E-state index < -0.39 is 0 Å². The minimum atomic E-state index is -0.0353. The number of aromatic nitrogens is 2. The molecule has 130 valence electrons. The molecule has 0 radical (unpaired) electrons. The van der Waals surface area contributed by atoms with Crippen LogP contribution in [0.2, 0.25) is 0 Å². The SMILES string of the molecule is COc1cc(CO)ccc1Oc1ncnc2sc3c(c12)CCCCC3. The van der Waals surface area contributed by atoms with Crippen LogP contribution in [0.5, 0.6) is 17.4 Å². The van der Waals surface area contributed by atoms with Gasteiger partial charge in [0.05, 0.1) is 19.1 Å². The Morgan fingerprint density at radius 2 is 2.00 bits per heavy atom. The van der Waals surface area contributed by atoms with Gasteiger partial charge in [-0.1, -0.05) is 12.5 Å². The fourth-order valence-corrected chi connectivity index (χ4v) is 4.53. The molecule has 0 atom stereocenters. The summed E-state index contributed by atoms with van der Waals surface area (Å²) >= 11 is 1.76. The van der Waals surface area contributed by atoms with Gasteiger partial charge in [-0.25, -0.2) is 9.97 Å². The largest absolute Gasteiger partial charge is 0.493 e. The van der Waals surface area contributed by atoms with Crippen LogP contribution < -0.4 is 9.47 Å². The first-order valence-corrected chi connectivity index (χ1v) is 9.32. The molecule has 0 saturated carbocycles. The summed E-state index contributed by atoms with van der Waals surface area (Å²) in [6.45, 7) is -0.0353. The van der Waals surface area contributed by atoms with Gasteiger partial charge in [0.25, 0.3) is 0 Å². The van der Waals surface area contributed by atoms with E-state index in [0.29, 0.717) is 17.4 Å². The standard InChI is InChI=1S/C19H20N2O3S/c1-23-15-9-12(10-22)7-8-14(15)24-18-17-13-5-3-2-4-6-16(13)25-19(17)21-11-20-18/h7-9,11,22H,2-6,10H2,1H3. The van der Waals surface area contributed by atoms with Crippen molar-refractivity contribution in [3.63, 3.8) is 0 Å². The molecule has 2 heterocycles. The van der Waals surface area contributed by atoms with E-state index in [1.165, 1.54) is 29.7 Å². The summed E-state index contributed by atoms with van der Waals surface area (Å²) < 4.78 is 11.5. The van der Waals surface area contributed by atoms with Crippen molar-refractivity contribution < 1.29 is 14.6 Å². The smallest absolute Gasteiger partial charge is 0.231 e. The summed E-state index contributed by atoms with van der Waals surface area (Å²) in [5, 5.41) is 10.3. The second-order valence-electron chi connectivity index (χ2n) is 6.17. The van der Waals surface area contributed by atoms with E-state index in [4.69, 9.17) is 9.47 Å². The summed E-state index contributed by atoms with van der Waals surface area (Å²) in [6.07, 6.45) is 7.43. The molecular weight excluding hydrogens is 336 g/mol. The lowest BCUT2D eigenvalue weighted by Gasteiger charge is -2.12. The normalized spacial score (nSPS) is 14.2. The molecule has 1 aliphatic rings. The number of fused-ring (bicyclic) bond motifs is 3. The Balaban J connectivity index is 1.78. The highest BCUT2D eigenvalue weighted by Crippen LogP contribution is 2.41. The van der Waals surface area contributed by atoms with Crippen molar-refractivity contribution in [1.82, 2.24) is 9.97 Å². The van der Waals surface area contributed by atoms with Gasteiger partial charge in [-0.3, -0.25) is 0 Å². The molecule has 6 heteroatoms. The van der Waals surface area contributed by atoms with E-state index in [1.807, 2.05) is 12.1 Å². The fourth-order valence-electron chi connectivity index (χ4n) is 3.31. The van der Waals surface area contributed by atoms with E-state index in [2.05, 4.69) is 9.97 Å². The van der Waals surface area contributed by atoms with Gasteiger partial charge < -0.3 is 14.6 Å². The molecule has 0 amide bonds. The second-order valence-corrected chi connectivity index (χ2v) is 7.25. The van der Waals surface area contributed by atoms with Crippen molar-refractivity contribution >= 4 is 21.6 Å². The lowest BCUT2D eigenvalue weighted by atomic mass is 10.1. The van der Waals surface area contributed by atoms with Crippen molar-refractivity contribution in [3.05, 3.63) is 40.5 Å². The first kappa shape index (κ1) is 16.3. The highest BCUT2D eigenvalue weighted by molar-refractivity contribution is 7.18. The van der Waals surface area contributed by atoms with Gasteiger partial charge in [-0.2, -0.15) is 0 Å². The molecule has 0 spiro atoms. The Hall–Kier alpha value is -2.18. The predicted octanol–water partition coefficient (Wildman–Crippen LogP) is 4.25. The average Bonchev–Trinajstić information content (AvgIpc) is 2.84. The number of methoxy groups -OCH3 is 1. The maximum Gasteiger partial charge on any atom is 0.231 e. The van der Waals surface area contributed by atoms with E-state index in [9.17, 15) is 5.11 Å². The van der Waals surface area contributed by atoms with E-state index in [-0.39, 0.29) is 6.61 Å². The minimum Gasteiger partial charge on any atom is -0.493 e. The van der Waals surface area contributed by atoms with Crippen molar-refractivity contribution in [2.24, 2.45) is 0 Å². The summed E-state index contributed by atoms with van der Waals surface area (Å²) in [4.78, 5) is 11.3. The second kappa shape index (κ2) is 6.98. The zero-order valence-corrected chi connectivity index (χ0v) is 14.9. The van der Waals surface area contributed by atoms with Gasteiger partial charge in [0.2, 0.25) is 5.88 Å². The van der Waals surface area contributed by atoms with Gasteiger partial charge in [0, 0.05) is 4.88 Å². The predicted molar refractivity (Wildman–Crippen MR) is 97.7 cm³/mol. The summed E-state index contributed by atoms with van der Waals surface area (Å²) in [7, 11) is 1.59. The molecule has 0 bridgehead atoms. The maximum absolute atomic E-state index is 9.30. The number of thiophene rings is 1. The van der Waals surface area contributed by atoms with Crippen molar-refractivity contribution in [2.45, 2.75) is 38.7 Å². The van der Waals surface area contributed by atoms with Crippen LogP contribution in [0.3, 0.4) is 0 Å². The monoisotopic (exact) mass is 356 g/mol. The van der Waals surface area contributed by atoms with Crippen LogP contribution in [0.4, 0.5) is 0 Å². The first-order chi connectivity index (χ1) is 12.3. The zero-order valence-electron chi connectivity index (χ0n) is 14.1. The topological polar surface area (TPSA) is 64.5 Å². The number of rotatable bonds is 4. The highest BCUT2D eigenvalue weighted by Gasteiger charge is 2.20. The molecule has 1 aromatic carbocycles. The quantitative estimate of drug-likeness (QED) is 0.708. The minimum absolute atomic E-state index is 0.0353. The molecule has 0 unspecified atom stereocenters. The number of hydrogen-bond acceptors (Lipinski definition) is 6. The van der Waals surface area contributed by atoms with E-state index >= 15 is 0 Å². The fraction of sp³-hybridized carbons (Fsp3) is 0.368. The molecule has 2 aromatic heterocycles. The molecule has 1 aliphatic carbocycles. The summed E-state index contributed by atoms with van der Waals surface area (Å²) in [5.41, 5.74) is 2.13. The number of ether oxygens (including phenoxy) is 2. The van der Waals surface area contributed by atoms with Gasteiger partial charge in [0.15, 0.2) is 11.5 Å². The van der Waals surface area contributed by atoms with Crippen molar-refractivity contribution in [2.75, 3.05) is 7.11 Å². The number of nitrogens with zero attached hydrogens (tertiary/aromatic N) is 2. The molecule has 0 aliphatic heterocycles. The molecule has 0 saturated heterocycles. The molecule has 0 fully saturated rings. The molecule has 25 heavy (non-hydrogen) atoms. The Kier molecular flexibility index (Phi) is 4.55. The third kappa shape index (κ3) is 3.07. The first-order valence-electron chi connectivity index (χ1n) is 8.51. The third-order valence-corrected chi connectivity index (χ3v) is 5.78. The Labute approximate surface area is 150 Å². The summed E-state index contributed by atoms with van der Waals surface area (Å²) in [6, 6.07) is 5.41. The average molecular weight is 356 g/mol. The summed E-state index contributed by atoms with van der Waals surface area (Å²) in [5.74, 6) is 1.76. The highest BCUT2D eigenvalue weighted by atomic mass is 32.1. The van der Waals surface area contributed by atoms with Gasteiger partial charge in [-0.15, -0.1) is 11.3 Å². The Bertz CT molecular complexity index is 907. The van der Waals surface area contributed by atoms with Crippen molar-refractivity contribution in [1.29, 1.82) is 0 Å². The molecule has 1 N–H and O–H groups in total. The van der Waals surface area contributed by atoms with Crippen LogP contribution in [0.1, 0.15) is 35.3 Å². The van der Waals surface area contributed by atoms with Crippen LogP contribution in [-0.4, -0.2) is 22.2 Å². The maximum atomic E-state index is 9.30.